The van der Waals surface area contributed by atoms with Gasteiger partial charge in [-0.05, 0) is 83.5 Å². The molecule has 0 saturated carbocycles. The van der Waals surface area contributed by atoms with Crippen molar-refractivity contribution in [1.29, 1.82) is 0 Å². The van der Waals surface area contributed by atoms with E-state index in [1.54, 1.807) is 0 Å². The van der Waals surface area contributed by atoms with Crippen LogP contribution in [0.2, 0.25) is 0 Å². The molecule has 9 heteroatoms. The van der Waals surface area contributed by atoms with Crippen LogP contribution in [0.3, 0.4) is 0 Å². The third-order valence-corrected chi connectivity index (χ3v) is 13.1. The Bertz CT molecular complexity index is 1280. The van der Waals surface area contributed by atoms with Crippen molar-refractivity contribution in [3.8, 4) is 0 Å². The molecule has 0 aromatic carbocycles. The average molecular weight is 974 g/mol. The molecule has 0 aliphatic rings. The molecular weight excluding hydrogens is 866 g/mol. The lowest BCUT2D eigenvalue weighted by atomic mass is 10.0. The molecule has 0 saturated heterocycles. The number of hydrogen-bond donors (Lipinski definition) is 2. The maximum atomic E-state index is 12.7. The first-order chi connectivity index (χ1) is 33.4. The molecule has 3 N–H and O–H groups in total. The van der Waals surface area contributed by atoms with E-state index in [4.69, 9.17) is 24.3 Å². The lowest BCUT2D eigenvalue weighted by Gasteiger charge is -2.20. The lowest BCUT2D eigenvalue weighted by Crippen LogP contribution is -2.28. The summed E-state index contributed by atoms with van der Waals surface area (Å²) in [5.74, 6) is -0.332. The predicted molar refractivity (Wildman–Crippen MR) is 293 cm³/mol. The highest BCUT2D eigenvalue weighted by Crippen LogP contribution is 2.43. The summed E-state index contributed by atoms with van der Waals surface area (Å²) in [4.78, 5) is 22.7. The van der Waals surface area contributed by atoms with Gasteiger partial charge in [-0.3, -0.25) is 13.8 Å². The van der Waals surface area contributed by atoms with Crippen LogP contribution in [0.5, 0.6) is 0 Å². The number of phosphoric ester groups is 1. The molecule has 68 heavy (non-hydrogen) atoms. The molecule has 2 atom stereocenters. The van der Waals surface area contributed by atoms with Gasteiger partial charge in [0.2, 0.25) is 0 Å². The highest BCUT2D eigenvalue weighted by Gasteiger charge is 2.25. The fourth-order valence-corrected chi connectivity index (χ4v) is 8.73. The van der Waals surface area contributed by atoms with Crippen LogP contribution in [0, 0.1) is 0 Å². The van der Waals surface area contributed by atoms with Crippen LogP contribution in [0.4, 0.5) is 0 Å². The van der Waals surface area contributed by atoms with Crippen molar-refractivity contribution in [2.45, 2.75) is 264 Å². The van der Waals surface area contributed by atoms with Crippen LogP contribution in [-0.2, 0) is 27.9 Å². The summed E-state index contributed by atoms with van der Waals surface area (Å²) in [7, 11) is -4.29. The molecule has 0 rings (SSSR count). The van der Waals surface area contributed by atoms with E-state index in [0.29, 0.717) is 13.0 Å². The summed E-state index contributed by atoms with van der Waals surface area (Å²) in [5.41, 5.74) is 5.40. The van der Waals surface area contributed by atoms with Gasteiger partial charge in [-0.25, -0.2) is 4.57 Å². The zero-order valence-corrected chi connectivity index (χ0v) is 45.2. The second kappa shape index (κ2) is 55.9. The van der Waals surface area contributed by atoms with E-state index >= 15 is 0 Å². The van der Waals surface area contributed by atoms with E-state index in [2.05, 4.69) is 86.8 Å². The number of hydrogen-bond acceptors (Lipinski definition) is 7. The first kappa shape index (κ1) is 65.9. The third kappa shape index (κ3) is 54.9. The van der Waals surface area contributed by atoms with Crippen LogP contribution >= 0.6 is 7.82 Å². The van der Waals surface area contributed by atoms with Gasteiger partial charge < -0.3 is 20.1 Å². The Morgan fingerprint density at radius 2 is 0.824 bits per heavy atom. The standard InChI is InChI=1S/C59H108NO7P/c1-3-5-7-9-11-13-15-17-19-21-23-25-27-29-30-32-34-36-38-40-42-44-46-48-50-52-59(61)67-58(57-66-68(62,63)65-55-53-60)56-64-54-51-49-47-45-43-41-39-37-35-33-31-28-26-24-22-20-18-16-14-12-10-8-6-4-2/h5,7,11,13,16-19,22-25,58H,3-4,6,8-10,12,14-15,20-21,26-57,60H2,1-2H3,(H,62,63)/b7-5-,13-11-,18-16-,19-17-,24-22-,25-23-. The lowest BCUT2D eigenvalue weighted by molar-refractivity contribution is -0.154. The number of ether oxygens (including phenoxy) is 2. The van der Waals surface area contributed by atoms with Gasteiger partial charge in [0.15, 0.2) is 0 Å². The Hall–Kier alpha value is -2.06. The third-order valence-electron chi connectivity index (χ3n) is 12.1. The van der Waals surface area contributed by atoms with Crippen LogP contribution in [-0.4, -0.2) is 49.9 Å². The number of phosphoric acid groups is 1. The monoisotopic (exact) mass is 974 g/mol. The molecule has 8 nitrogen and oxygen atoms in total. The van der Waals surface area contributed by atoms with Crippen molar-refractivity contribution in [2.75, 3.05) is 33.0 Å². The van der Waals surface area contributed by atoms with Crippen molar-refractivity contribution in [2.24, 2.45) is 5.73 Å². The van der Waals surface area contributed by atoms with Crippen molar-refractivity contribution in [3.63, 3.8) is 0 Å². The molecule has 0 aliphatic carbocycles. The second-order valence-electron chi connectivity index (χ2n) is 18.8. The highest BCUT2D eigenvalue weighted by molar-refractivity contribution is 7.47. The smallest absolute Gasteiger partial charge is 0.457 e. The summed E-state index contributed by atoms with van der Waals surface area (Å²) >= 11 is 0. The van der Waals surface area contributed by atoms with Gasteiger partial charge in [0.1, 0.15) is 6.10 Å². The van der Waals surface area contributed by atoms with Gasteiger partial charge in [0.25, 0.3) is 0 Å². The summed E-state index contributed by atoms with van der Waals surface area (Å²) in [6, 6.07) is 0. The van der Waals surface area contributed by atoms with E-state index in [1.807, 2.05) is 0 Å². The van der Waals surface area contributed by atoms with E-state index in [-0.39, 0.29) is 32.3 Å². The number of carbonyl (C=O) groups excluding carboxylic acids is 1. The van der Waals surface area contributed by atoms with E-state index in [1.165, 1.54) is 173 Å². The van der Waals surface area contributed by atoms with Crippen molar-refractivity contribution in [3.05, 3.63) is 72.9 Å². The fraction of sp³-hybridized carbons (Fsp3) is 0.780. The molecule has 0 fully saturated rings. The van der Waals surface area contributed by atoms with Crippen molar-refractivity contribution in [1.82, 2.24) is 0 Å². The largest absolute Gasteiger partial charge is 0.472 e. The number of allylic oxidation sites excluding steroid dienone is 12. The molecule has 0 aromatic rings. The zero-order valence-electron chi connectivity index (χ0n) is 44.3. The molecule has 0 heterocycles. The summed E-state index contributed by atoms with van der Waals surface area (Å²) in [6.07, 6.45) is 72.3. The topological polar surface area (TPSA) is 117 Å². The molecule has 0 aromatic heterocycles. The van der Waals surface area contributed by atoms with E-state index < -0.39 is 13.9 Å². The maximum absolute atomic E-state index is 12.7. The molecular formula is C59H108NO7P. The van der Waals surface area contributed by atoms with Crippen LogP contribution in [0.1, 0.15) is 258 Å². The number of unbranched alkanes of at least 4 members (excludes halogenated alkanes) is 29. The summed E-state index contributed by atoms with van der Waals surface area (Å²) in [6.45, 7) is 4.82. The Labute approximate surface area is 420 Å². The summed E-state index contributed by atoms with van der Waals surface area (Å²) < 4.78 is 33.7. The van der Waals surface area contributed by atoms with Crippen LogP contribution < -0.4 is 5.73 Å². The molecule has 396 valence electrons. The quantitative estimate of drug-likeness (QED) is 0.0268. The molecule has 0 aliphatic heterocycles. The van der Waals surface area contributed by atoms with Crippen LogP contribution in [0.15, 0.2) is 72.9 Å². The molecule has 0 amide bonds. The minimum Gasteiger partial charge on any atom is -0.457 e. The van der Waals surface area contributed by atoms with E-state index in [9.17, 15) is 14.3 Å². The number of rotatable bonds is 54. The van der Waals surface area contributed by atoms with Gasteiger partial charge >= 0.3 is 13.8 Å². The van der Waals surface area contributed by atoms with Gasteiger partial charge in [0, 0.05) is 19.6 Å². The van der Waals surface area contributed by atoms with Crippen LogP contribution in [0.25, 0.3) is 0 Å². The Balaban J connectivity index is 3.90. The fourth-order valence-electron chi connectivity index (χ4n) is 7.96. The minimum atomic E-state index is -4.29. The van der Waals surface area contributed by atoms with E-state index in [0.717, 1.165) is 64.2 Å². The van der Waals surface area contributed by atoms with Crippen molar-refractivity contribution < 1.29 is 32.8 Å². The Kier molecular flexibility index (Phi) is 54.2. The normalized spacial score (nSPS) is 13.8. The molecule has 0 bridgehead atoms. The number of esters is 1. The average Bonchev–Trinajstić information content (AvgIpc) is 3.33. The Morgan fingerprint density at radius 3 is 1.24 bits per heavy atom. The molecule has 0 radical (unpaired) electrons. The highest BCUT2D eigenvalue weighted by atomic mass is 31.2. The number of carbonyl (C=O) groups is 1. The SMILES string of the molecule is CC/C=C\C/C=C\C/C=C\C/C=C\CCCCCCCCCCCCCCC(=O)OC(COCCCCCCCCCCCCCC/C=C\C/C=C\CCCCCCC)COP(=O)(O)OCCN. The predicted octanol–water partition coefficient (Wildman–Crippen LogP) is 18.2. The van der Waals surface area contributed by atoms with Gasteiger partial charge in [0.05, 0.1) is 19.8 Å². The van der Waals surface area contributed by atoms with Gasteiger partial charge in [-0.1, -0.05) is 241 Å². The second-order valence-corrected chi connectivity index (χ2v) is 20.2. The minimum absolute atomic E-state index is 0.0978. The number of nitrogens with two attached hydrogens (primary N) is 1. The molecule has 0 spiro atoms. The van der Waals surface area contributed by atoms with Crippen molar-refractivity contribution >= 4 is 13.8 Å². The molecule has 2 unspecified atom stereocenters. The van der Waals surface area contributed by atoms with Gasteiger partial charge in [-0.15, -0.1) is 0 Å². The Morgan fingerprint density at radius 1 is 0.456 bits per heavy atom. The van der Waals surface area contributed by atoms with Gasteiger partial charge in [-0.2, -0.15) is 0 Å². The summed E-state index contributed by atoms with van der Waals surface area (Å²) in [5, 5.41) is 0. The maximum Gasteiger partial charge on any atom is 0.472 e. The first-order valence-electron chi connectivity index (χ1n) is 28.4. The first-order valence-corrected chi connectivity index (χ1v) is 29.9. The zero-order chi connectivity index (χ0) is 49.4.